The summed E-state index contributed by atoms with van der Waals surface area (Å²) in [6.45, 7) is 5.90. The van der Waals surface area contributed by atoms with Gasteiger partial charge in [0.1, 0.15) is 5.75 Å². The molecular formula is C17H27NO3. The lowest BCUT2D eigenvalue weighted by atomic mass is 10.2. The van der Waals surface area contributed by atoms with E-state index in [1.54, 1.807) is 0 Å². The SMILES string of the molecule is CCOC(CNc1ccc(OC2CCCC2)cc1)OCC. The van der Waals surface area contributed by atoms with Gasteiger partial charge in [0.2, 0.25) is 0 Å². The highest BCUT2D eigenvalue weighted by atomic mass is 16.7. The second kappa shape index (κ2) is 8.90. The van der Waals surface area contributed by atoms with Gasteiger partial charge in [-0.2, -0.15) is 0 Å². The third-order valence-electron chi connectivity index (χ3n) is 3.64. The van der Waals surface area contributed by atoms with Gasteiger partial charge in [-0.15, -0.1) is 0 Å². The fourth-order valence-corrected chi connectivity index (χ4v) is 2.59. The molecule has 2 rings (SSSR count). The van der Waals surface area contributed by atoms with Gasteiger partial charge in [-0.1, -0.05) is 0 Å². The maximum absolute atomic E-state index is 5.96. The van der Waals surface area contributed by atoms with E-state index in [-0.39, 0.29) is 6.29 Å². The number of hydrogen-bond donors (Lipinski definition) is 1. The van der Waals surface area contributed by atoms with Gasteiger partial charge >= 0.3 is 0 Å². The van der Waals surface area contributed by atoms with E-state index in [1.807, 2.05) is 38.1 Å². The first kappa shape index (κ1) is 16.1. The Morgan fingerprint density at radius 2 is 1.67 bits per heavy atom. The van der Waals surface area contributed by atoms with Crippen LogP contribution in [0.25, 0.3) is 0 Å². The first-order valence-corrected chi connectivity index (χ1v) is 8.05. The van der Waals surface area contributed by atoms with Gasteiger partial charge in [-0.25, -0.2) is 0 Å². The van der Waals surface area contributed by atoms with Crippen LogP contribution in [0.3, 0.4) is 0 Å². The molecule has 0 saturated heterocycles. The maximum Gasteiger partial charge on any atom is 0.174 e. The number of rotatable bonds is 9. The number of nitrogens with one attached hydrogen (secondary N) is 1. The minimum atomic E-state index is -0.200. The summed E-state index contributed by atoms with van der Waals surface area (Å²) in [4.78, 5) is 0. The van der Waals surface area contributed by atoms with E-state index in [1.165, 1.54) is 25.7 Å². The molecule has 0 unspecified atom stereocenters. The molecule has 0 spiro atoms. The molecule has 0 heterocycles. The molecular weight excluding hydrogens is 266 g/mol. The van der Waals surface area contributed by atoms with E-state index < -0.39 is 0 Å². The Morgan fingerprint density at radius 3 is 2.24 bits per heavy atom. The molecule has 1 N–H and O–H groups in total. The van der Waals surface area contributed by atoms with Gasteiger partial charge in [-0.05, 0) is 63.8 Å². The minimum Gasteiger partial charge on any atom is -0.490 e. The normalized spacial score (nSPS) is 15.6. The molecule has 4 heteroatoms. The van der Waals surface area contributed by atoms with E-state index >= 15 is 0 Å². The van der Waals surface area contributed by atoms with Gasteiger partial charge in [0.05, 0.1) is 12.6 Å². The van der Waals surface area contributed by atoms with Crippen molar-refractivity contribution < 1.29 is 14.2 Å². The molecule has 118 valence electrons. The molecule has 1 aliphatic carbocycles. The number of benzene rings is 1. The Bertz CT molecular complexity index is 382. The molecule has 0 aliphatic heterocycles. The number of ether oxygens (including phenoxy) is 3. The van der Waals surface area contributed by atoms with Crippen LogP contribution < -0.4 is 10.1 Å². The Hall–Kier alpha value is -1.26. The lowest BCUT2D eigenvalue weighted by Gasteiger charge is -2.18. The summed E-state index contributed by atoms with van der Waals surface area (Å²) in [5, 5.41) is 3.33. The second-order valence-electron chi connectivity index (χ2n) is 5.27. The van der Waals surface area contributed by atoms with E-state index in [9.17, 15) is 0 Å². The summed E-state index contributed by atoms with van der Waals surface area (Å²) in [5.41, 5.74) is 1.05. The summed E-state index contributed by atoms with van der Waals surface area (Å²) in [6, 6.07) is 8.13. The van der Waals surface area contributed by atoms with Crippen molar-refractivity contribution in [2.45, 2.75) is 51.9 Å². The van der Waals surface area contributed by atoms with Crippen LogP contribution in [0.2, 0.25) is 0 Å². The zero-order chi connectivity index (χ0) is 14.9. The van der Waals surface area contributed by atoms with Crippen LogP contribution in [0.1, 0.15) is 39.5 Å². The van der Waals surface area contributed by atoms with Crippen molar-refractivity contribution in [3.05, 3.63) is 24.3 Å². The van der Waals surface area contributed by atoms with E-state index in [2.05, 4.69) is 5.32 Å². The molecule has 21 heavy (non-hydrogen) atoms. The number of anilines is 1. The van der Waals surface area contributed by atoms with Crippen molar-refractivity contribution >= 4 is 5.69 Å². The molecule has 1 aromatic rings. The Balaban J connectivity index is 1.78. The highest BCUT2D eigenvalue weighted by molar-refractivity contribution is 5.46. The molecule has 4 nitrogen and oxygen atoms in total. The van der Waals surface area contributed by atoms with E-state index in [4.69, 9.17) is 14.2 Å². The van der Waals surface area contributed by atoms with Crippen LogP contribution in [0.5, 0.6) is 5.75 Å². The van der Waals surface area contributed by atoms with Gasteiger partial charge in [0, 0.05) is 18.9 Å². The molecule has 0 bridgehead atoms. The quantitative estimate of drug-likeness (QED) is 0.703. The molecule has 0 radical (unpaired) electrons. The van der Waals surface area contributed by atoms with E-state index in [0.29, 0.717) is 25.9 Å². The zero-order valence-electron chi connectivity index (χ0n) is 13.1. The molecule has 1 fully saturated rings. The molecule has 0 atom stereocenters. The average Bonchev–Trinajstić information content (AvgIpc) is 3.00. The Morgan fingerprint density at radius 1 is 1.05 bits per heavy atom. The molecule has 1 saturated carbocycles. The van der Waals surface area contributed by atoms with Crippen LogP contribution in [-0.4, -0.2) is 32.2 Å². The third kappa shape index (κ3) is 5.56. The van der Waals surface area contributed by atoms with Crippen molar-refractivity contribution in [3.8, 4) is 5.75 Å². The van der Waals surface area contributed by atoms with Crippen molar-refractivity contribution in [1.29, 1.82) is 0 Å². The molecule has 1 aromatic carbocycles. The summed E-state index contributed by atoms with van der Waals surface area (Å²) in [6.07, 6.45) is 5.16. The van der Waals surface area contributed by atoms with Crippen LogP contribution in [0.4, 0.5) is 5.69 Å². The third-order valence-corrected chi connectivity index (χ3v) is 3.64. The molecule has 0 amide bonds. The second-order valence-corrected chi connectivity index (χ2v) is 5.27. The summed E-state index contributed by atoms with van der Waals surface area (Å²) in [5.74, 6) is 0.957. The van der Waals surface area contributed by atoms with Crippen molar-refractivity contribution in [2.24, 2.45) is 0 Å². The minimum absolute atomic E-state index is 0.200. The van der Waals surface area contributed by atoms with Crippen molar-refractivity contribution in [2.75, 3.05) is 25.1 Å². The highest BCUT2D eigenvalue weighted by Crippen LogP contribution is 2.25. The molecule has 1 aliphatic rings. The Kier molecular flexibility index (Phi) is 6.83. The first-order valence-electron chi connectivity index (χ1n) is 8.05. The van der Waals surface area contributed by atoms with Gasteiger partial charge in [-0.3, -0.25) is 0 Å². The fourth-order valence-electron chi connectivity index (χ4n) is 2.59. The average molecular weight is 293 g/mol. The Labute approximate surface area is 127 Å². The zero-order valence-corrected chi connectivity index (χ0v) is 13.1. The van der Waals surface area contributed by atoms with Crippen LogP contribution >= 0.6 is 0 Å². The molecule has 0 aromatic heterocycles. The predicted octanol–water partition coefficient (Wildman–Crippen LogP) is 3.82. The summed E-state index contributed by atoms with van der Waals surface area (Å²) < 4.78 is 17.0. The lowest BCUT2D eigenvalue weighted by molar-refractivity contribution is -0.126. The van der Waals surface area contributed by atoms with Crippen molar-refractivity contribution in [1.82, 2.24) is 0 Å². The maximum atomic E-state index is 5.96. The van der Waals surface area contributed by atoms with Crippen LogP contribution in [0.15, 0.2) is 24.3 Å². The summed E-state index contributed by atoms with van der Waals surface area (Å²) in [7, 11) is 0. The summed E-state index contributed by atoms with van der Waals surface area (Å²) >= 11 is 0. The van der Waals surface area contributed by atoms with Gasteiger partial charge < -0.3 is 19.5 Å². The van der Waals surface area contributed by atoms with Crippen LogP contribution in [-0.2, 0) is 9.47 Å². The monoisotopic (exact) mass is 293 g/mol. The standard InChI is InChI=1S/C17H27NO3/c1-3-19-17(20-4-2)13-18-14-9-11-16(12-10-14)21-15-7-5-6-8-15/h9-12,15,17-18H,3-8,13H2,1-2H3. The smallest absolute Gasteiger partial charge is 0.174 e. The first-order chi connectivity index (χ1) is 10.3. The van der Waals surface area contributed by atoms with Crippen molar-refractivity contribution in [3.63, 3.8) is 0 Å². The van der Waals surface area contributed by atoms with Gasteiger partial charge in [0.15, 0.2) is 6.29 Å². The predicted molar refractivity (Wildman–Crippen MR) is 84.9 cm³/mol. The largest absolute Gasteiger partial charge is 0.490 e. The topological polar surface area (TPSA) is 39.7 Å². The lowest BCUT2D eigenvalue weighted by Crippen LogP contribution is -2.26. The fraction of sp³-hybridized carbons (Fsp3) is 0.647. The van der Waals surface area contributed by atoms with Crippen LogP contribution in [0, 0.1) is 0 Å². The van der Waals surface area contributed by atoms with E-state index in [0.717, 1.165) is 11.4 Å². The highest BCUT2D eigenvalue weighted by Gasteiger charge is 2.16. The number of hydrogen-bond acceptors (Lipinski definition) is 4. The van der Waals surface area contributed by atoms with Gasteiger partial charge in [0.25, 0.3) is 0 Å².